The van der Waals surface area contributed by atoms with Gasteiger partial charge in [0.1, 0.15) is 0 Å². The van der Waals surface area contributed by atoms with E-state index in [-0.39, 0.29) is 6.04 Å². The zero-order valence-corrected chi connectivity index (χ0v) is 12.1. The van der Waals surface area contributed by atoms with Crippen molar-refractivity contribution in [1.29, 1.82) is 0 Å². The molecule has 0 aromatic rings. The lowest BCUT2D eigenvalue weighted by Crippen LogP contribution is -2.60. The van der Waals surface area contributed by atoms with Gasteiger partial charge in [0.15, 0.2) is 0 Å². The van der Waals surface area contributed by atoms with E-state index in [1.165, 1.54) is 6.42 Å². The second kappa shape index (κ2) is 5.60. The summed E-state index contributed by atoms with van der Waals surface area (Å²) in [5, 5.41) is 0. The van der Waals surface area contributed by atoms with Gasteiger partial charge in [-0.25, -0.2) is 0 Å². The van der Waals surface area contributed by atoms with Crippen molar-refractivity contribution in [3.63, 3.8) is 0 Å². The summed E-state index contributed by atoms with van der Waals surface area (Å²) in [6.45, 7) is 8.83. The van der Waals surface area contributed by atoms with Crippen molar-refractivity contribution in [1.82, 2.24) is 9.80 Å². The molecule has 0 aromatic carbocycles. The lowest BCUT2D eigenvalue weighted by molar-refractivity contribution is -0.152. The van der Waals surface area contributed by atoms with Crippen LogP contribution in [-0.2, 0) is 0 Å². The summed E-state index contributed by atoms with van der Waals surface area (Å²) in [6.07, 6.45) is -2.42. The van der Waals surface area contributed by atoms with E-state index in [4.69, 9.17) is 0 Å². The third kappa shape index (κ3) is 3.63. The Morgan fingerprint density at radius 2 is 1.84 bits per heavy atom. The molecule has 0 spiro atoms. The molecular weight excluding hydrogens is 253 g/mol. The van der Waals surface area contributed by atoms with Gasteiger partial charge in [0.05, 0.1) is 6.42 Å². The van der Waals surface area contributed by atoms with E-state index in [2.05, 4.69) is 23.6 Å². The van der Waals surface area contributed by atoms with Gasteiger partial charge in [0, 0.05) is 31.2 Å². The summed E-state index contributed by atoms with van der Waals surface area (Å²) in [5.41, 5.74) is 0. The molecule has 2 aliphatic heterocycles. The minimum Gasteiger partial charge on any atom is -0.298 e. The first-order valence-corrected chi connectivity index (χ1v) is 7.34. The smallest absolute Gasteiger partial charge is 0.298 e. The monoisotopic (exact) mass is 278 g/mol. The van der Waals surface area contributed by atoms with E-state index in [1.807, 2.05) is 0 Å². The highest BCUT2D eigenvalue weighted by Crippen LogP contribution is 2.32. The molecule has 0 aliphatic carbocycles. The fourth-order valence-corrected chi connectivity index (χ4v) is 3.62. The van der Waals surface area contributed by atoms with Gasteiger partial charge in [0.25, 0.3) is 0 Å². The number of hydrogen-bond acceptors (Lipinski definition) is 2. The molecule has 2 heterocycles. The largest absolute Gasteiger partial charge is 0.390 e. The standard InChI is InChI=1S/C14H25F3N2/c1-10(2)13-9-18-6-4-5-12(18)8-19(13)11(3)7-14(15,16)17/h10-13H,4-9H2,1-3H3. The van der Waals surface area contributed by atoms with Crippen LogP contribution in [0.15, 0.2) is 0 Å². The lowest BCUT2D eigenvalue weighted by Gasteiger charge is -2.48. The fourth-order valence-electron chi connectivity index (χ4n) is 3.62. The fraction of sp³-hybridized carbons (Fsp3) is 1.00. The average Bonchev–Trinajstić information content (AvgIpc) is 2.71. The van der Waals surface area contributed by atoms with Crippen LogP contribution in [0.2, 0.25) is 0 Å². The quantitative estimate of drug-likeness (QED) is 0.782. The van der Waals surface area contributed by atoms with Gasteiger partial charge >= 0.3 is 6.18 Å². The minimum atomic E-state index is -4.06. The molecule has 2 fully saturated rings. The van der Waals surface area contributed by atoms with Crippen molar-refractivity contribution in [3.8, 4) is 0 Å². The topological polar surface area (TPSA) is 6.48 Å². The highest BCUT2D eigenvalue weighted by molar-refractivity contribution is 4.95. The van der Waals surface area contributed by atoms with Crippen molar-refractivity contribution in [2.24, 2.45) is 5.92 Å². The first kappa shape index (κ1) is 15.1. The van der Waals surface area contributed by atoms with E-state index in [0.717, 1.165) is 26.1 Å². The Bertz CT molecular complexity index is 304. The number of piperazine rings is 1. The average molecular weight is 278 g/mol. The van der Waals surface area contributed by atoms with Crippen LogP contribution < -0.4 is 0 Å². The molecule has 3 atom stereocenters. The van der Waals surface area contributed by atoms with Crippen LogP contribution in [0.1, 0.15) is 40.0 Å². The number of fused-ring (bicyclic) bond motifs is 1. The Morgan fingerprint density at radius 1 is 1.16 bits per heavy atom. The first-order valence-electron chi connectivity index (χ1n) is 7.34. The van der Waals surface area contributed by atoms with E-state index in [1.54, 1.807) is 6.92 Å². The van der Waals surface area contributed by atoms with Crippen molar-refractivity contribution >= 4 is 0 Å². The van der Waals surface area contributed by atoms with Crippen LogP contribution >= 0.6 is 0 Å². The number of halogens is 3. The van der Waals surface area contributed by atoms with Crippen LogP contribution in [0, 0.1) is 5.92 Å². The van der Waals surface area contributed by atoms with E-state index >= 15 is 0 Å². The molecule has 0 saturated carbocycles. The summed E-state index contributed by atoms with van der Waals surface area (Å²) in [4.78, 5) is 4.59. The van der Waals surface area contributed by atoms with Crippen LogP contribution in [0.4, 0.5) is 13.2 Å². The molecule has 0 aromatic heterocycles. The number of alkyl halides is 3. The molecule has 2 rings (SSSR count). The van der Waals surface area contributed by atoms with E-state index in [9.17, 15) is 13.2 Å². The Morgan fingerprint density at radius 3 is 2.42 bits per heavy atom. The van der Waals surface area contributed by atoms with Crippen molar-refractivity contribution in [3.05, 3.63) is 0 Å². The molecular formula is C14H25F3N2. The highest BCUT2D eigenvalue weighted by Gasteiger charge is 2.41. The first-order chi connectivity index (χ1) is 8.78. The van der Waals surface area contributed by atoms with Gasteiger partial charge < -0.3 is 0 Å². The third-order valence-corrected chi connectivity index (χ3v) is 4.63. The van der Waals surface area contributed by atoms with Crippen LogP contribution in [0.25, 0.3) is 0 Å². The second-order valence-electron chi connectivity index (χ2n) is 6.47. The van der Waals surface area contributed by atoms with Gasteiger partial charge in [-0.3, -0.25) is 9.80 Å². The Labute approximate surface area is 113 Å². The van der Waals surface area contributed by atoms with Crippen molar-refractivity contribution in [2.75, 3.05) is 19.6 Å². The number of rotatable bonds is 3. The van der Waals surface area contributed by atoms with Gasteiger partial charge in [-0.05, 0) is 32.2 Å². The van der Waals surface area contributed by atoms with Crippen LogP contribution in [0.5, 0.6) is 0 Å². The summed E-state index contributed by atoms with van der Waals surface area (Å²) < 4.78 is 37.9. The summed E-state index contributed by atoms with van der Waals surface area (Å²) in [7, 11) is 0. The lowest BCUT2D eigenvalue weighted by atomic mass is 9.95. The second-order valence-corrected chi connectivity index (χ2v) is 6.47. The maximum atomic E-state index is 12.6. The molecule has 5 heteroatoms. The predicted octanol–water partition coefficient (Wildman–Crippen LogP) is 3.13. The molecule has 2 aliphatic rings. The minimum absolute atomic E-state index is 0.256. The summed E-state index contributed by atoms with van der Waals surface area (Å²) in [6, 6.07) is 0.326. The molecule has 19 heavy (non-hydrogen) atoms. The zero-order valence-electron chi connectivity index (χ0n) is 12.1. The maximum Gasteiger partial charge on any atom is 0.390 e. The van der Waals surface area contributed by atoms with Crippen LogP contribution in [-0.4, -0.2) is 53.7 Å². The predicted molar refractivity (Wildman–Crippen MR) is 70.1 cm³/mol. The molecule has 2 nitrogen and oxygen atoms in total. The van der Waals surface area contributed by atoms with Gasteiger partial charge in [-0.1, -0.05) is 13.8 Å². The van der Waals surface area contributed by atoms with Crippen molar-refractivity contribution < 1.29 is 13.2 Å². The van der Waals surface area contributed by atoms with Gasteiger partial charge in [-0.15, -0.1) is 0 Å². The van der Waals surface area contributed by atoms with E-state index in [0.29, 0.717) is 12.0 Å². The van der Waals surface area contributed by atoms with Gasteiger partial charge in [-0.2, -0.15) is 13.2 Å². The molecule has 3 unspecified atom stereocenters. The van der Waals surface area contributed by atoms with E-state index < -0.39 is 18.6 Å². The molecule has 0 N–H and O–H groups in total. The third-order valence-electron chi connectivity index (χ3n) is 4.63. The maximum absolute atomic E-state index is 12.6. The Kier molecular flexibility index (Phi) is 4.45. The Hall–Kier alpha value is -0.290. The molecule has 2 saturated heterocycles. The van der Waals surface area contributed by atoms with Crippen LogP contribution in [0.3, 0.4) is 0 Å². The molecule has 0 bridgehead atoms. The molecule has 112 valence electrons. The SMILES string of the molecule is CC(C)C1CN2CCCC2CN1C(C)CC(F)(F)F. The number of nitrogens with zero attached hydrogens (tertiary/aromatic N) is 2. The molecule has 0 radical (unpaired) electrons. The molecule has 0 amide bonds. The van der Waals surface area contributed by atoms with Gasteiger partial charge in [0.2, 0.25) is 0 Å². The highest BCUT2D eigenvalue weighted by atomic mass is 19.4. The summed E-state index contributed by atoms with van der Waals surface area (Å²) in [5.74, 6) is 0.400. The Balaban J connectivity index is 2.06. The summed E-state index contributed by atoms with van der Waals surface area (Å²) >= 11 is 0. The zero-order chi connectivity index (χ0) is 14.2. The van der Waals surface area contributed by atoms with Crippen molar-refractivity contribution in [2.45, 2.75) is 64.3 Å². The normalized spacial score (nSPS) is 31.7. The number of hydrogen-bond donors (Lipinski definition) is 0.